The number of hydrogen-bond acceptors (Lipinski definition) is 5. The van der Waals surface area contributed by atoms with Crippen LogP contribution < -0.4 is 10.6 Å². The van der Waals surface area contributed by atoms with Crippen molar-refractivity contribution in [2.45, 2.75) is 18.9 Å². The van der Waals surface area contributed by atoms with E-state index < -0.39 is 6.04 Å². The van der Waals surface area contributed by atoms with Crippen LogP contribution in [0.1, 0.15) is 11.3 Å². The molecule has 0 unspecified atom stereocenters. The predicted octanol–water partition coefficient (Wildman–Crippen LogP) is 2.84. The van der Waals surface area contributed by atoms with Crippen molar-refractivity contribution in [2.75, 3.05) is 6.54 Å². The molecule has 4 heterocycles. The lowest BCUT2D eigenvalue weighted by Gasteiger charge is -2.17. The van der Waals surface area contributed by atoms with E-state index in [-0.39, 0.29) is 11.8 Å². The minimum atomic E-state index is -0.696. The molecule has 4 aromatic heterocycles. The Morgan fingerprint density at radius 3 is 2.75 bits per heavy atom. The Balaban J connectivity index is 1.29. The van der Waals surface area contributed by atoms with E-state index in [4.69, 9.17) is 0 Å². The summed E-state index contributed by atoms with van der Waals surface area (Å²) in [7, 11) is 0. The van der Waals surface area contributed by atoms with Gasteiger partial charge in [-0.05, 0) is 41.5 Å². The largest absolute Gasteiger partial charge is 0.354 e. The molecule has 0 aliphatic rings. The lowest BCUT2D eigenvalue weighted by atomic mass is 10.0. The highest BCUT2D eigenvalue weighted by Gasteiger charge is 2.20. The number of rotatable bonds is 9. The molecule has 5 aromatic rings. The van der Waals surface area contributed by atoms with Gasteiger partial charge < -0.3 is 15.6 Å². The van der Waals surface area contributed by atoms with Crippen molar-refractivity contribution in [1.82, 2.24) is 35.4 Å². The minimum Gasteiger partial charge on any atom is -0.354 e. The van der Waals surface area contributed by atoms with Crippen LogP contribution in [0.25, 0.3) is 27.7 Å². The first-order valence-corrected chi connectivity index (χ1v) is 11.6. The molecule has 5 rings (SSSR count). The van der Waals surface area contributed by atoms with Gasteiger partial charge >= 0.3 is 0 Å². The molecular formula is C27H25N7O2. The molecule has 0 aliphatic carbocycles. The molecule has 0 radical (unpaired) electrons. The number of fused-ring (bicyclic) bond motifs is 2. The molecule has 9 heteroatoms. The first kappa shape index (κ1) is 23.0. The Bertz CT molecular complexity index is 1540. The van der Waals surface area contributed by atoms with E-state index in [0.717, 1.165) is 38.9 Å². The Hall–Kier alpha value is -4.79. The molecule has 0 saturated carbocycles. The van der Waals surface area contributed by atoms with Crippen LogP contribution in [-0.2, 0) is 22.4 Å². The third-order valence-corrected chi connectivity index (χ3v) is 5.98. The average Bonchev–Trinajstić information content (AvgIpc) is 3.52. The Kier molecular flexibility index (Phi) is 6.53. The third kappa shape index (κ3) is 4.85. The number of aromatic amines is 1. The molecule has 0 saturated heterocycles. The van der Waals surface area contributed by atoms with Crippen molar-refractivity contribution in [3.05, 3.63) is 97.1 Å². The van der Waals surface area contributed by atoms with Gasteiger partial charge in [-0.1, -0.05) is 36.9 Å². The van der Waals surface area contributed by atoms with Gasteiger partial charge in [0.15, 0.2) is 0 Å². The molecule has 0 bridgehead atoms. The van der Waals surface area contributed by atoms with Crippen LogP contribution in [0.3, 0.4) is 0 Å². The number of hydrogen-bond donors (Lipinski definition) is 3. The maximum atomic E-state index is 12.9. The zero-order valence-electron chi connectivity index (χ0n) is 19.5. The van der Waals surface area contributed by atoms with Crippen molar-refractivity contribution in [3.63, 3.8) is 0 Å². The van der Waals surface area contributed by atoms with Gasteiger partial charge in [0.2, 0.25) is 11.8 Å². The van der Waals surface area contributed by atoms with Gasteiger partial charge in [0.05, 0.1) is 11.7 Å². The normalized spacial score (nSPS) is 11.9. The fraction of sp³-hybridized carbons (Fsp3) is 0.148. The fourth-order valence-corrected chi connectivity index (χ4v) is 4.22. The van der Waals surface area contributed by atoms with E-state index in [2.05, 4.69) is 37.4 Å². The monoisotopic (exact) mass is 479 g/mol. The van der Waals surface area contributed by atoms with Crippen LogP contribution in [0.15, 0.2) is 85.8 Å². The molecular weight excluding hydrogens is 454 g/mol. The number of H-pyrrole nitrogens is 1. The van der Waals surface area contributed by atoms with Gasteiger partial charge in [-0.15, -0.1) is 0 Å². The molecule has 180 valence electrons. The maximum absolute atomic E-state index is 12.9. The number of carbonyl (C=O) groups excluding carboxylic acids is 2. The third-order valence-electron chi connectivity index (χ3n) is 5.98. The summed E-state index contributed by atoms with van der Waals surface area (Å²) in [4.78, 5) is 32.6. The standard InChI is InChI=1S/C27H25N7O2/c1-2-25(35)33-23(15-18-7-4-3-5-8-18)27(36)29-13-10-19-16-21-20(11-14-28-26(21)32-19)22-17-31-34-24(22)9-6-12-30-34/h2-9,11-12,14,16-17,23H,1,10,13,15H2,(H,28,32)(H,29,36)(H,33,35)/t23-/m0/s1. The highest BCUT2D eigenvalue weighted by atomic mass is 16.2. The summed E-state index contributed by atoms with van der Waals surface area (Å²) >= 11 is 0. The second kappa shape index (κ2) is 10.2. The maximum Gasteiger partial charge on any atom is 0.244 e. The zero-order chi connectivity index (χ0) is 24.9. The molecule has 3 N–H and O–H groups in total. The van der Waals surface area contributed by atoms with Gasteiger partial charge in [-0.25, -0.2) is 4.98 Å². The van der Waals surface area contributed by atoms with Crippen molar-refractivity contribution >= 4 is 28.4 Å². The van der Waals surface area contributed by atoms with Crippen molar-refractivity contribution in [1.29, 1.82) is 0 Å². The van der Waals surface area contributed by atoms with Gasteiger partial charge in [-0.2, -0.15) is 14.8 Å². The molecule has 1 atom stereocenters. The molecule has 2 amide bonds. The lowest BCUT2D eigenvalue weighted by Crippen LogP contribution is -2.48. The van der Waals surface area contributed by atoms with Crippen LogP contribution in [0.2, 0.25) is 0 Å². The number of nitrogens with one attached hydrogen (secondary N) is 3. The average molecular weight is 480 g/mol. The van der Waals surface area contributed by atoms with Crippen LogP contribution in [-0.4, -0.2) is 49.2 Å². The van der Waals surface area contributed by atoms with Crippen molar-refractivity contribution < 1.29 is 9.59 Å². The number of benzene rings is 1. The van der Waals surface area contributed by atoms with E-state index in [1.807, 2.05) is 54.6 Å². The van der Waals surface area contributed by atoms with Crippen LogP contribution in [0, 0.1) is 0 Å². The SMILES string of the molecule is C=CC(=O)N[C@@H](Cc1ccccc1)C(=O)NCCc1cc2c(-c3cnn4ncccc34)ccnc2[nH]1. The summed E-state index contributed by atoms with van der Waals surface area (Å²) in [5, 5.41) is 15.2. The number of pyridine rings is 1. The quantitative estimate of drug-likeness (QED) is 0.281. The highest BCUT2D eigenvalue weighted by molar-refractivity contribution is 5.97. The van der Waals surface area contributed by atoms with Crippen LogP contribution in [0.4, 0.5) is 0 Å². The Morgan fingerprint density at radius 2 is 1.92 bits per heavy atom. The Morgan fingerprint density at radius 1 is 1.06 bits per heavy atom. The molecule has 36 heavy (non-hydrogen) atoms. The van der Waals surface area contributed by atoms with E-state index in [1.165, 1.54) is 6.08 Å². The number of carbonyl (C=O) groups is 2. The summed E-state index contributed by atoms with van der Waals surface area (Å²) in [6.07, 6.45) is 7.39. The van der Waals surface area contributed by atoms with Crippen molar-refractivity contribution in [3.8, 4) is 11.1 Å². The number of aromatic nitrogens is 5. The van der Waals surface area contributed by atoms with Gasteiger partial charge in [-0.3, -0.25) is 9.59 Å². The van der Waals surface area contributed by atoms with Gasteiger partial charge in [0.1, 0.15) is 11.7 Å². The number of amides is 2. The molecule has 0 spiro atoms. The first-order chi connectivity index (χ1) is 17.6. The predicted molar refractivity (Wildman–Crippen MR) is 137 cm³/mol. The summed E-state index contributed by atoms with van der Waals surface area (Å²) in [6, 6.07) is 16.7. The molecule has 0 fully saturated rings. The summed E-state index contributed by atoms with van der Waals surface area (Å²) in [6.45, 7) is 3.88. The molecule has 1 aromatic carbocycles. The van der Waals surface area contributed by atoms with Crippen LogP contribution in [0.5, 0.6) is 0 Å². The summed E-state index contributed by atoms with van der Waals surface area (Å²) in [5.41, 5.74) is 5.54. The topological polar surface area (TPSA) is 117 Å². The molecule has 9 nitrogen and oxygen atoms in total. The molecule has 0 aliphatic heterocycles. The minimum absolute atomic E-state index is 0.247. The second-order valence-corrected chi connectivity index (χ2v) is 8.37. The summed E-state index contributed by atoms with van der Waals surface area (Å²) < 4.78 is 1.60. The Labute approximate surface area is 207 Å². The van der Waals surface area contributed by atoms with E-state index in [9.17, 15) is 9.59 Å². The number of nitrogens with zero attached hydrogens (tertiary/aromatic N) is 4. The zero-order valence-corrected chi connectivity index (χ0v) is 19.5. The fourth-order valence-electron chi connectivity index (χ4n) is 4.22. The van der Waals surface area contributed by atoms with Crippen LogP contribution >= 0.6 is 0 Å². The highest BCUT2D eigenvalue weighted by Crippen LogP contribution is 2.30. The van der Waals surface area contributed by atoms with Gasteiger partial charge in [0.25, 0.3) is 0 Å². The smallest absolute Gasteiger partial charge is 0.244 e. The van der Waals surface area contributed by atoms with E-state index in [1.54, 1.807) is 23.2 Å². The lowest BCUT2D eigenvalue weighted by molar-refractivity contribution is -0.127. The first-order valence-electron chi connectivity index (χ1n) is 11.6. The van der Waals surface area contributed by atoms with E-state index in [0.29, 0.717) is 19.4 Å². The van der Waals surface area contributed by atoms with Gasteiger partial charge in [0, 0.05) is 48.4 Å². The van der Waals surface area contributed by atoms with Crippen molar-refractivity contribution in [2.24, 2.45) is 0 Å². The second-order valence-electron chi connectivity index (χ2n) is 8.37. The van der Waals surface area contributed by atoms with E-state index >= 15 is 0 Å². The summed E-state index contributed by atoms with van der Waals surface area (Å²) in [5.74, 6) is -0.633.